The summed E-state index contributed by atoms with van der Waals surface area (Å²) in [6.07, 6.45) is 1.72. The van der Waals surface area contributed by atoms with Crippen LogP contribution in [0.1, 0.15) is 22.5 Å². The second-order valence-electron chi connectivity index (χ2n) is 5.43. The molecule has 3 aromatic rings. The predicted octanol–water partition coefficient (Wildman–Crippen LogP) is 3.98. The second kappa shape index (κ2) is 5.89. The lowest BCUT2D eigenvalue weighted by Crippen LogP contribution is -2.10. The van der Waals surface area contributed by atoms with Gasteiger partial charge in [0.15, 0.2) is 5.82 Å². The molecule has 0 atom stereocenters. The maximum absolute atomic E-state index is 12.1. The SMILES string of the molecule is Cc1cc(/C=C(\Cl)c2nc3ccccc3c(=O)[nH]2)cc(C)c1O. The highest BCUT2D eigenvalue weighted by Crippen LogP contribution is 2.26. The molecule has 0 fully saturated rings. The zero-order chi connectivity index (χ0) is 16.6. The van der Waals surface area contributed by atoms with Crippen LogP contribution in [0.5, 0.6) is 5.75 Å². The molecule has 5 heteroatoms. The molecule has 0 unspecified atom stereocenters. The summed E-state index contributed by atoms with van der Waals surface area (Å²) in [4.78, 5) is 19.2. The van der Waals surface area contributed by atoms with Crippen molar-refractivity contribution in [2.45, 2.75) is 13.8 Å². The standard InChI is InChI=1S/C18H15ClN2O2/c1-10-7-12(8-11(2)16(10)22)9-14(19)17-20-15-6-4-3-5-13(15)18(23)21-17/h3-9,22H,1-2H3,(H,20,21,23)/b14-9-. The number of aromatic amines is 1. The number of fused-ring (bicyclic) bond motifs is 1. The number of nitrogens with one attached hydrogen (secondary N) is 1. The van der Waals surface area contributed by atoms with Crippen molar-refractivity contribution in [3.63, 3.8) is 0 Å². The number of hydrogen-bond acceptors (Lipinski definition) is 3. The van der Waals surface area contributed by atoms with E-state index in [1.54, 1.807) is 24.3 Å². The van der Waals surface area contributed by atoms with Gasteiger partial charge in [0.25, 0.3) is 5.56 Å². The van der Waals surface area contributed by atoms with Crippen LogP contribution in [-0.4, -0.2) is 15.1 Å². The third-order valence-electron chi connectivity index (χ3n) is 3.65. The fourth-order valence-electron chi connectivity index (χ4n) is 2.49. The number of rotatable bonds is 2. The summed E-state index contributed by atoms with van der Waals surface area (Å²) in [7, 11) is 0. The summed E-state index contributed by atoms with van der Waals surface area (Å²) in [5, 5.41) is 10.7. The first-order valence-electron chi connectivity index (χ1n) is 7.12. The van der Waals surface area contributed by atoms with E-state index in [1.165, 1.54) is 0 Å². The number of halogens is 1. The van der Waals surface area contributed by atoms with Crippen molar-refractivity contribution in [3.8, 4) is 5.75 Å². The van der Waals surface area contributed by atoms with Gasteiger partial charge in [-0.25, -0.2) is 4.98 Å². The summed E-state index contributed by atoms with van der Waals surface area (Å²) < 4.78 is 0. The molecular formula is C18H15ClN2O2. The van der Waals surface area contributed by atoms with Crippen LogP contribution in [0.15, 0.2) is 41.2 Å². The van der Waals surface area contributed by atoms with E-state index in [0.717, 1.165) is 16.7 Å². The lowest BCUT2D eigenvalue weighted by atomic mass is 10.1. The molecule has 0 aliphatic heterocycles. The van der Waals surface area contributed by atoms with Gasteiger partial charge in [0.1, 0.15) is 5.75 Å². The Morgan fingerprint density at radius 2 is 1.87 bits per heavy atom. The van der Waals surface area contributed by atoms with Crippen molar-refractivity contribution in [2.24, 2.45) is 0 Å². The van der Waals surface area contributed by atoms with E-state index < -0.39 is 0 Å². The minimum atomic E-state index is -0.227. The lowest BCUT2D eigenvalue weighted by molar-refractivity contribution is 0.467. The molecule has 0 aliphatic carbocycles. The van der Waals surface area contributed by atoms with E-state index >= 15 is 0 Å². The zero-order valence-electron chi connectivity index (χ0n) is 12.7. The van der Waals surface area contributed by atoms with Gasteiger partial charge in [0.05, 0.1) is 15.9 Å². The van der Waals surface area contributed by atoms with Crippen molar-refractivity contribution in [1.82, 2.24) is 9.97 Å². The van der Waals surface area contributed by atoms with Crippen molar-refractivity contribution < 1.29 is 5.11 Å². The third kappa shape index (κ3) is 2.98. The third-order valence-corrected chi connectivity index (χ3v) is 3.93. The Kier molecular flexibility index (Phi) is 3.92. The van der Waals surface area contributed by atoms with Gasteiger partial charge in [0.2, 0.25) is 0 Å². The van der Waals surface area contributed by atoms with Crippen LogP contribution in [0.4, 0.5) is 0 Å². The summed E-state index contributed by atoms with van der Waals surface area (Å²) in [6, 6.07) is 10.7. The van der Waals surface area contributed by atoms with E-state index in [2.05, 4.69) is 9.97 Å². The van der Waals surface area contributed by atoms with E-state index in [0.29, 0.717) is 21.8 Å². The van der Waals surface area contributed by atoms with Crippen molar-refractivity contribution in [2.75, 3.05) is 0 Å². The van der Waals surface area contributed by atoms with Crippen LogP contribution >= 0.6 is 11.6 Å². The van der Waals surface area contributed by atoms with Crippen LogP contribution in [0, 0.1) is 13.8 Å². The molecule has 0 amide bonds. The van der Waals surface area contributed by atoms with Gasteiger partial charge in [0, 0.05) is 0 Å². The predicted molar refractivity (Wildman–Crippen MR) is 93.7 cm³/mol. The number of phenols is 1. The summed E-state index contributed by atoms with van der Waals surface area (Å²) in [6.45, 7) is 3.65. The number of H-pyrrole nitrogens is 1. The highest BCUT2D eigenvalue weighted by molar-refractivity contribution is 6.50. The highest BCUT2D eigenvalue weighted by atomic mass is 35.5. The minimum absolute atomic E-state index is 0.227. The van der Waals surface area contributed by atoms with Gasteiger partial charge in [-0.15, -0.1) is 0 Å². The van der Waals surface area contributed by atoms with Gasteiger partial charge in [-0.1, -0.05) is 23.7 Å². The van der Waals surface area contributed by atoms with Crippen molar-refractivity contribution in [1.29, 1.82) is 0 Å². The highest BCUT2D eigenvalue weighted by Gasteiger charge is 2.08. The molecule has 2 N–H and O–H groups in total. The Bertz CT molecular complexity index is 967. The molecule has 4 nitrogen and oxygen atoms in total. The minimum Gasteiger partial charge on any atom is -0.507 e. The Labute approximate surface area is 138 Å². The Balaban J connectivity index is 2.10. The molecular weight excluding hydrogens is 312 g/mol. The molecule has 0 bridgehead atoms. The molecule has 0 spiro atoms. The Morgan fingerprint density at radius 1 is 1.22 bits per heavy atom. The smallest absolute Gasteiger partial charge is 0.259 e. The Morgan fingerprint density at radius 3 is 2.57 bits per heavy atom. The van der Waals surface area contributed by atoms with Crippen LogP contribution < -0.4 is 5.56 Å². The first kappa shape index (κ1) is 15.3. The molecule has 0 saturated carbocycles. The molecule has 0 aliphatic rings. The van der Waals surface area contributed by atoms with Gasteiger partial charge in [-0.05, 0) is 60.9 Å². The number of benzene rings is 2. The fourth-order valence-corrected chi connectivity index (χ4v) is 2.70. The number of aromatic hydroxyl groups is 1. The number of phenolic OH excluding ortho intramolecular Hbond substituents is 1. The van der Waals surface area contributed by atoms with Crippen LogP contribution in [0.25, 0.3) is 22.0 Å². The summed E-state index contributed by atoms with van der Waals surface area (Å²) >= 11 is 6.32. The largest absolute Gasteiger partial charge is 0.507 e. The average Bonchev–Trinajstić information content (AvgIpc) is 2.52. The van der Waals surface area contributed by atoms with Crippen LogP contribution in [0.3, 0.4) is 0 Å². The normalized spacial score (nSPS) is 11.9. The topological polar surface area (TPSA) is 66.0 Å². The van der Waals surface area contributed by atoms with Crippen LogP contribution in [-0.2, 0) is 0 Å². The molecule has 1 aromatic heterocycles. The van der Waals surface area contributed by atoms with E-state index in [9.17, 15) is 9.90 Å². The molecule has 2 aromatic carbocycles. The quantitative estimate of drug-likeness (QED) is 0.748. The van der Waals surface area contributed by atoms with E-state index in [-0.39, 0.29) is 11.3 Å². The molecule has 3 rings (SSSR count). The molecule has 0 saturated heterocycles. The maximum Gasteiger partial charge on any atom is 0.259 e. The van der Waals surface area contributed by atoms with Crippen molar-refractivity contribution in [3.05, 3.63) is 69.3 Å². The summed E-state index contributed by atoms with van der Waals surface area (Å²) in [5.41, 5.74) is 2.73. The van der Waals surface area contributed by atoms with E-state index in [1.807, 2.05) is 32.0 Å². The molecule has 23 heavy (non-hydrogen) atoms. The number of aromatic nitrogens is 2. The first-order chi connectivity index (χ1) is 11.0. The molecule has 1 heterocycles. The van der Waals surface area contributed by atoms with Gasteiger partial charge in [-0.3, -0.25) is 4.79 Å². The number of para-hydroxylation sites is 1. The number of nitrogens with zero attached hydrogens (tertiary/aromatic N) is 1. The zero-order valence-corrected chi connectivity index (χ0v) is 13.5. The van der Waals surface area contributed by atoms with Crippen molar-refractivity contribution >= 4 is 33.6 Å². The molecule has 116 valence electrons. The van der Waals surface area contributed by atoms with E-state index in [4.69, 9.17) is 11.6 Å². The van der Waals surface area contributed by atoms with Crippen LogP contribution in [0.2, 0.25) is 0 Å². The number of hydrogen-bond donors (Lipinski definition) is 2. The monoisotopic (exact) mass is 326 g/mol. The maximum atomic E-state index is 12.1. The van der Waals surface area contributed by atoms with Gasteiger partial charge < -0.3 is 10.1 Å². The van der Waals surface area contributed by atoms with Gasteiger partial charge >= 0.3 is 0 Å². The first-order valence-corrected chi connectivity index (χ1v) is 7.50. The fraction of sp³-hybridized carbons (Fsp3) is 0.111. The summed E-state index contributed by atoms with van der Waals surface area (Å²) in [5.74, 6) is 0.592. The Hall–Kier alpha value is -2.59. The van der Waals surface area contributed by atoms with Gasteiger partial charge in [-0.2, -0.15) is 0 Å². The average molecular weight is 327 g/mol. The second-order valence-corrected chi connectivity index (χ2v) is 5.83. The molecule has 0 radical (unpaired) electrons. The number of aryl methyl sites for hydroxylation is 2. The lowest BCUT2D eigenvalue weighted by Gasteiger charge is -2.06.